The molecule has 0 aliphatic carbocycles. The van der Waals surface area contributed by atoms with Gasteiger partial charge in [-0.15, -0.1) is 179 Å². The van der Waals surface area contributed by atoms with Crippen LogP contribution in [0.1, 0.15) is 9.60 Å². The molecule has 0 unspecified atom stereocenters. The molecular formula is C102H90Ir3N6O2SSi4-6. The second-order valence-corrected chi connectivity index (χ2v) is 53.1. The van der Waals surface area contributed by atoms with Crippen LogP contribution in [0.3, 0.4) is 0 Å². The van der Waals surface area contributed by atoms with E-state index in [4.69, 9.17) is 28.4 Å². The van der Waals surface area contributed by atoms with Crippen molar-refractivity contribution < 1.29 is 78.7 Å². The fourth-order valence-corrected chi connectivity index (χ4v) is 18.5. The maximum atomic E-state index is 7.70. The van der Waals surface area contributed by atoms with Gasteiger partial charge in [-0.25, -0.2) is 0 Å². The Morgan fingerprint density at radius 1 is 0.314 bits per heavy atom. The van der Waals surface area contributed by atoms with E-state index in [1.807, 2.05) is 109 Å². The Kier molecular flexibility index (Phi) is 26.7. The van der Waals surface area contributed by atoms with E-state index in [9.17, 15) is 0 Å². The van der Waals surface area contributed by atoms with Crippen molar-refractivity contribution in [2.75, 3.05) is 0 Å². The number of thiophene rings is 1. The van der Waals surface area contributed by atoms with E-state index < -0.39 is 32.3 Å². The van der Waals surface area contributed by atoms with Crippen molar-refractivity contribution in [3.63, 3.8) is 0 Å². The van der Waals surface area contributed by atoms with Gasteiger partial charge in [0.25, 0.3) is 0 Å². The number of benzene rings is 10. The second-order valence-electron chi connectivity index (χ2n) is 31.7. The normalized spacial score (nSPS) is 12.0. The summed E-state index contributed by atoms with van der Waals surface area (Å²) in [5, 5.41) is 12.6. The fourth-order valence-electron chi connectivity index (χ4n) is 12.9. The number of rotatable bonds is 11. The van der Waals surface area contributed by atoms with Gasteiger partial charge in [-0.2, -0.15) is 11.3 Å². The van der Waals surface area contributed by atoms with Crippen LogP contribution in [0.25, 0.3) is 143 Å². The largest absolute Gasteiger partial charge is 0.500 e. The Morgan fingerprint density at radius 2 is 0.780 bits per heavy atom. The molecule has 9 heterocycles. The first kappa shape index (κ1) is 78.9. The van der Waals surface area contributed by atoms with Crippen LogP contribution in [0.5, 0.6) is 0 Å². The molecule has 595 valence electrons. The number of pyridine rings is 6. The van der Waals surface area contributed by atoms with Crippen molar-refractivity contribution in [1.82, 2.24) is 29.9 Å². The van der Waals surface area contributed by atoms with Gasteiger partial charge >= 0.3 is 0 Å². The molecule has 3 radical (unpaired) electrons. The first-order valence-corrected chi connectivity index (χ1v) is 53.0. The zero-order chi connectivity index (χ0) is 86.2. The molecule has 0 aliphatic rings. The first-order valence-electron chi connectivity index (χ1n) is 41.7. The Labute approximate surface area is 752 Å². The van der Waals surface area contributed by atoms with E-state index >= 15 is 0 Å². The van der Waals surface area contributed by atoms with Crippen molar-refractivity contribution in [3.05, 3.63) is 365 Å². The number of hydrogen-bond donors (Lipinski definition) is 0. The smallest absolute Gasteiger partial charge is 0.120 e. The predicted octanol–water partition coefficient (Wildman–Crippen LogP) is 25.3. The number of nitrogens with zero attached hydrogens (tertiary/aromatic N) is 6. The molecule has 118 heavy (non-hydrogen) atoms. The molecule has 8 nitrogen and oxygen atoms in total. The summed E-state index contributed by atoms with van der Waals surface area (Å²) in [4.78, 5) is 26.7. The summed E-state index contributed by atoms with van der Waals surface area (Å²) in [6.45, 7) is 28.1. The number of hydrogen-bond acceptors (Lipinski definition) is 9. The molecule has 9 aromatic heterocycles. The van der Waals surface area contributed by atoms with Gasteiger partial charge in [-0.05, 0) is 108 Å². The number of fused-ring (bicyclic) bond motifs is 9. The average molecular weight is 2160 g/mol. The molecule has 19 rings (SSSR count). The summed E-state index contributed by atoms with van der Waals surface area (Å²) >= 11 is 1.83. The Morgan fingerprint density at radius 3 is 1.29 bits per heavy atom. The van der Waals surface area contributed by atoms with Crippen molar-refractivity contribution in [2.45, 2.75) is 78.6 Å². The van der Waals surface area contributed by atoms with Crippen LogP contribution in [0.2, 0.25) is 78.6 Å². The summed E-state index contributed by atoms with van der Waals surface area (Å²) in [5.74, 6) is 0. The van der Waals surface area contributed by atoms with Crippen LogP contribution < -0.4 is 20.7 Å². The molecule has 19 aromatic rings. The number of furan rings is 2. The van der Waals surface area contributed by atoms with Gasteiger partial charge in [0.15, 0.2) is 0 Å². The standard InChI is InChI=1S/C26H22NOSi.C20H18NOSi.C20H18NSSi.C14H16NSi.2C11H8N.3Ir/c1-29(2,3)26-17-27-23(16-21(26)18-9-5-4-6-10-18)19-13-14-25-22(15-19)20-11-7-8-12-24(20)28-25;2*1-23(2,3)15-9-10-18(21-13-15)14-8-11-20-17(12-14)16-6-4-5-7-19(16)22-20;1-16(2,3)13-9-10-14(15-11-13)12-7-5-4-6-8-12;2*1-2-6-10(7-3-1)11-8-4-5-9-12-11;;;/h4-12,14-17H,1-3H3;2*4-7,9-13H,1-3H3;4-7,9-11H,1-3H3;2*1-6,8-9H;;;/q6*-1;;;/i;;;;4D,5D,8D,9D;1D,2D,3D;;;. The molecule has 0 spiro atoms. The number of para-hydroxylation sites is 2. The molecule has 0 fully saturated rings. The molecule has 0 N–H and O–H groups in total. The van der Waals surface area contributed by atoms with E-state index in [1.165, 1.54) is 58.1 Å². The van der Waals surface area contributed by atoms with Gasteiger partial charge in [-0.3, -0.25) is 0 Å². The predicted molar refractivity (Wildman–Crippen MR) is 496 cm³/mol. The van der Waals surface area contributed by atoms with E-state index in [0.29, 0.717) is 16.8 Å². The van der Waals surface area contributed by atoms with Crippen molar-refractivity contribution in [2.24, 2.45) is 0 Å². The minimum Gasteiger partial charge on any atom is -0.500 e. The zero-order valence-electron chi connectivity index (χ0n) is 74.5. The van der Waals surface area contributed by atoms with Crippen LogP contribution in [-0.2, 0) is 60.3 Å². The van der Waals surface area contributed by atoms with Crippen LogP contribution in [0.4, 0.5) is 0 Å². The quantitative estimate of drug-likeness (QED) is 0.0932. The van der Waals surface area contributed by atoms with Gasteiger partial charge in [0.2, 0.25) is 0 Å². The average Bonchev–Trinajstić information content (AvgIpc) is 1.67. The van der Waals surface area contributed by atoms with Gasteiger partial charge in [0.05, 0.1) is 48.9 Å². The molecular weight excluding hydrogens is 2060 g/mol. The molecule has 0 saturated heterocycles. The van der Waals surface area contributed by atoms with Crippen molar-refractivity contribution in [3.8, 4) is 78.7 Å². The molecule has 0 amide bonds. The Balaban J connectivity index is 0.000000147. The minimum atomic E-state index is -1.54. The topological polar surface area (TPSA) is 104 Å². The summed E-state index contributed by atoms with van der Waals surface area (Å²) in [5.41, 5.74) is 16.1. The van der Waals surface area contributed by atoms with Crippen molar-refractivity contribution in [1.29, 1.82) is 0 Å². The van der Waals surface area contributed by atoms with Gasteiger partial charge in [-0.1, -0.05) is 246 Å². The molecule has 16 heteroatoms. The summed E-state index contributed by atoms with van der Waals surface area (Å²) < 4.78 is 66.8. The van der Waals surface area contributed by atoms with Crippen molar-refractivity contribution >= 4 is 128 Å². The molecule has 0 atom stereocenters. The molecule has 0 bridgehead atoms. The Bertz CT molecular complexity index is 6710. The SMILES string of the molecule is C[Si](C)(C)c1ccc(-c2[c-]cc3oc4ccccc4c3c2)nc1.C[Si](C)(C)c1ccc(-c2[c-]cc3sc4ccccc4c3c2)nc1.C[Si](C)(C)c1ccc(-c2[c-]cccc2)nc1.C[Si](C)(C)c1cnc(-c2[c-]cc3oc4ccccc4c3c2)cc1-c1ccccc1.[2H]c1[c-]c(-c2ccccn2)cc([2H])c1[2H].[2H]c1nc(-c2[c-]cccc2)c([2H])c([2H])c1[2H].[Ir].[Ir].[Ir]. The summed E-state index contributed by atoms with van der Waals surface area (Å²) in [6.07, 6.45) is 9.52. The third kappa shape index (κ3) is 22.2. The minimum absolute atomic E-state index is 0. The van der Waals surface area contributed by atoms with Gasteiger partial charge < -0.3 is 38.7 Å². The van der Waals surface area contributed by atoms with E-state index in [-0.39, 0.29) is 108 Å². The second kappa shape index (κ2) is 40.0. The van der Waals surface area contributed by atoms with Gasteiger partial charge in [0.1, 0.15) is 11.2 Å². The Hall–Kier alpha value is -10.3. The van der Waals surface area contributed by atoms with Crippen LogP contribution in [-0.4, -0.2) is 62.2 Å². The van der Waals surface area contributed by atoms with Crippen LogP contribution in [0, 0.1) is 36.4 Å². The third-order valence-electron chi connectivity index (χ3n) is 19.3. The van der Waals surface area contributed by atoms with Gasteiger partial charge in [0, 0.05) is 116 Å². The monoisotopic (exact) mass is 2160 g/mol. The molecule has 10 aromatic carbocycles. The maximum Gasteiger partial charge on any atom is 0.120 e. The van der Waals surface area contributed by atoms with E-state index in [2.05, 4.69) is 275 Å². The first-order chi connectivity index (χ1) is 58.4. The maximum absolute atomic E-state index is 7.70. The summed E-state index contributed by atoms with van der Waals surface area (Å²) in [6, 6.07) is 103. The molecule has 0 aliphatic heterocycles. The van der Waals surface area contributed by atoms with Crippen LogP contribution in [0.15, 0.2) is 337 Å². The fraction of sp³-hybridized carbons (Fsp3) is 0.118. The van der Waals surface area contributed by atoms with E-state index in [0.717, 1.165) is 88.9 Å². The summed E-state index contributed by atoms with van der Waals surface area (Å²) in [7, 11) is -5.38. The number of aromatic nitrogens is 6. The molecule has 0 saturated carbocycles. The third-order valence-corrected chi connectivity index (χ3v) is 28.6. The zero-order valence-corrected chi connectivity index (χ0v) is 79.5. The van der Waals surface area contributed by atoms with E-state index in [1.54, 1.807) is 42.6 Å². The van der Waals surface area contributed by atoms with Crippen LogP contribution >= 0.6 is 11.3 Å².